The maximum Gasteiger partial charge on any atom is 0.169 e. The molecule has 24 heavy (non-hydrogen) atoms. The lowest BCUT2D eigenvalue weighted by Crippen LogP contribution is -1.90. The van der Waals surface area contributed by atoms with Crippen molar-refractivity contribution in [3.05, 3.63) is 89.6 Å². The lowest BCUT2D eigenvalue weighted by molar-refractivity contribution is 0.554. The number of furan rings is 1. The maximum atomic E-state index is 5.71. The molecule has 0 aliphatic carbocycles. The Hall–Kier alpha value is -2.65. The first-order chi connectivity index (χ1) is 11.8. The summed E-state index contributed by atoms with van der Waals surface area (Å²) >= 11 is 3.36. The van der Waals surface area contributed by atoms with E-state index >= 15 is 0 Å². The van der Waals surface area contributed by atoms with Crippen molar-refractivity contribution in [1.29, 1.82) is 0 Å². The third-order valence-corrected chi connectivity index (χ3v) is 4.25. The summed E-state index contributed by atoms with van der Waals surface area (Å²) < 4.78 is 6.41. The lowest BCUT2D eigenvalue weighted by atomic mass is 10.0. The molecule has 0 saturated carbocycles. The molecule has 0 atom stereocenters. The van der Waals surface area contributed by atoms with Gasteiger partial charge >= 0.3 is 0 Å². The number of halogens is 1. The number of pyridine rings is 1. The van der Waals surface area contributed by atoms with E-state index in [1.54, 1.807) is 0 Å². The highest BCUT2D eigenvalue weighted by molar-refractivity contribution is 9.10. The molecule has 2 aromatic heterocycles. The number of rotatable bonds is 3. The summed E-state index contributed by atoms with van der Waals surface area (Å²) in [5, 5.41) is 0. The number of aromatic nitrogens is 1. The highest BCUT2D eigenvalue weighted by Crippen LogP contribution is 2.31. The van der Waals surface area contributed by atoms with Crippen LogP contribution in [0.15, 0.2) is 94.0 Å². The van der Waals surface area contributed by atoms with Crippen LogP contribution >= 0.6 is 15.9 Å². The maximum absolute atomic E-state index is 5.71. The molecule has 0 N–H and O–H groups in total. The van der Waals surface area contributed by atoms with Gasteiger partial charge in [-0.3, -0.25) is 0 Å². The molecule has 0 bridgehead atoms. The van der Waals surface area contributed by atoms with Crippen LogP contribution in [0.5, 0.6) is 0 Å². The fourth-order valence-corrected chi connectivity index (χ4v) is 2.97. The van der Waals surface area contributed by atoms with Crippen LogP contribution in [-0.4, -0.2) is 4.98 Å². The van der Waals surface area contributed by atoms with E-state index in [1.807, 2.05) is 48.5 Å². The molecule has 4 rings (SSSR count). The Kier molecular flexibility index (Phi) is 4.01. The van der Waals surface area contributed by atoms with Gasteiger partial charge in [-0.2, -0.15) is 0 Å². The number of benzene rings is 2. The molecule has 116 valence electrons. The third-order valence-electron chi connectivity index (χ3n) is 3.83. The second-order valence-corrected chi connectivity index (χ2v) is 6.24. The minimum Gasteiger partial charge on any atom is -0.448 e. The predicted molar refractivity (Wildman–Crippen MR) is 101 cm³/mol. The van der Waals surface area contributed by atoms with Crippen molar-refractivity contribution in [2.75, 3.05) is 0 Å². The molecule has 0 fully saturated rings. The summed E-state index contributed by atoms with van der Waals surface area (Å²) in [7, 11) is 0. The molecule has 0 amide bonds. The molecule has 4 aromatic rings. The normalized spacial score (nSPS) is 10.7. The van der Waals surface area contributed by atoms with Crippen molar-refractivity contribution in [3.8, 4) is 33.8 Å². The number of nitrogens with zero attached hydrogens (tertiary/aromatic N) is 1. The zero-order chi connectivity index (χ0) is 16.4. The summed E-state index contributed by atoms with van der Waals surface area (Å²) in [6.07, 6.45) is 0. The van der Waals surface area contributed by atoms with Gasteiger partial charge in [0, 0.05) is 5.56 Å². The zero-order valence-corrected chi connectivity index (χ0v) is 14.4. The second-order valence-electron chi connectivity index (χ2n) is 5.46. The van der Waals surface area contributed by atoms with Gasteiger partial charge in [0.1, 0.15) is 5.69 Å². The van der Waals surface area contributed by atoms with Gasteiger partial charge in [0.05, 0.1) is 5.69 Å². The SMILES string of the molecule is Brc1ccc(-c2cc(-c3ccccc3)cc(-c3ccccc3)n2)o1. The van der Waals surface area contributed by atoms with Crippen LogP contribution in [0.25, 0.3) is 33.8 Å². The fraction of sp³-hybridized carbons (Fsp3) is 0. The summed E-state index contributed by atoms with van der Waals surface area (Å²) in [4.78, 5) is 4.80. The van der Waals surface area contributed by atoms with Crippen molar-refractivity contribution < 1.29 is 4.42 Å². The van der Waals surface area contributed by atoms with Crippen LogP contribution in [0.1, 0.15) is 0 Å². The van der Waals surface area contributed by atoms with E-state index in [0.717, 1.165) is 33.8 Å². The van der Waals surface area contributed by atoms with Crippen LogP contribution in [0, 0.1) is 0 Å². The van der Waals surface area contributed by atoms with Crippen molar-refractivity contribution in [2.24, 2.45) is 0 Å². The second kappa shape index (κ2) is 6.46. The van der Waals surface area contributed by atoms with Gasteiger partial charge in [0.25, 0.3) is 0 Å². The molecule has 2 heterocycles. The van der Waals surface area contributed by atoms with Crippen LogP contribution in [0.3, 0.4) is 0 Å². The third kappa shape index (κ3) is 3.03. The molecule has 2 aromatic carbocycles. The molecule has 2 nitrogen and oxygen atoms in total. The Morgan fingerprint density at radius 2 is 1.25 bits per heavy atom. The molecule has 0 aliphatic heterocycles. The van der Waals surface area contributed by atoms with Gasteiger partial charge in [-0.1, -0.05) is 60.7 Å². The number of hydrogen-bond donors (Lipinski definition) is 0. The highest BCUT2D eigenvalue weighted by atomic mass is 79.9. The van der Waals surface area contributed by atoms with Crippen LogP contribution in [-0.2, 0) is 0 Å². The molecule has 0 radical (unpaired) electrons. The van der Waals surface area contributed by atoms with E-state index in [2.05, 4.69) is 52.3 Å². The van der Waals surface area contributed by atoms with E-state index in [1.165, 1.54) is 0 Å². The number of hydrogen-bond acceptors (Lipinski definition) is 2. The zero-order valence-electron chi connectivity index (χ0n) is 12.8. The standard InChI is InChI=1S/C21H14BrNO/c22-21-12-11-20(24-21)19-14-17(15-7-3-1-4-8-15)13-18(23-19)16-9-5-2-6-10-16/h1-14H. The molecule has 0 spiro atoms. The summed E-state index contributed by atoms with van der Waals surface area (Å²) in [5.74, 6) is 0.747. The predicted octanol–water partition coefficient (Wildman–Crippen LogP) is 6.44. The molecular formula is C21H14BrNO. The largest absolute Gasteiger partial charge is 0.448 e. The Balaban J connectivity index is 1.91. The van der Waals surface area contributed by atoms with E-state index < -0.39 is 0 Å². The first-order valence-corrected chi connectivity index (χ1v) is 8.47. The van der Waals surface area contributed by atoms with Crippen LogP contribution < -0.4 is 0 Å². The van der Waals surface area contributed by atoms with Crippen LogP contribution in [0.2, 0.25) is 0 Å². The average Bonchev–Trinajstić information content (AvgIpc) is 3.09. The molecule has 0 unspecified atom stereocenters. The monoisotopic (exact) mass is 375 g/mol. The van der Waals surface area contributed by atoms with E-state index in [0.29, 0.717) is 4.67 Å². The smallest absolute Gasteiger partial charge is 0.169 e. The molecular weight excluding hydrogens is 362 g/mol. The highest BCUT2D eigenvalue weighted by Gasteiger charge is 2.11. The minimum atomic E-state index is 0.700. The summed E-state index contributed by atoms with van der Waals surface area (Å²) in [6, 6.07) is 28.5. The average molecular weight is 376 g/mol. The minimum absolute atomic E-state index is 0.700. The Bertz CT molecular complexity index is 904. The Morgan fingerprint density at radius 1 is 0.625 bits per heavy atom. The fourth-order valence-electron chi connectivity index (χ4n) is 2.66. The molecule has 0 aliphatic rings. The van der Waals surface area contributed by atoms with Gasteiger partial charge in [-0.25, -0.2) is 4.98 Å². The lowest BCUT2D eigenvalue weighted by Gasteiger charge is -2.08. The molecule has 0 saturated heterocycles. The Labute approximate surface area is 148 Å². The Morgan fingerprint density at radius 3 is 1.88 bits per heavy atom. The quantitative estimate of drug-likeness (QED) is 0.411. The first-order valence-electron chi connectivity index (χ1n) is 7.68. The van der Waals surface area contributed by atoms with Gasteiger partial charge in [-0.05, 0) is 51.3 Å². The van der Waals surface area contributed by atoms with Gasteiger partial charge in [-0.15, -0.1) is 0 Å². The topological polar surface area (TPSA) is 26.0 Å². The van der Waals surface area contributed by atoms with Gasteiger partial charge in [0.15, 0.2) is 10.4 Å². The van der Waals surface area contributed by atoms with Crippen molar-refractivity contribution >= 4 is 15.9 Å². The van der Waals surface area contributed by atoms with Crippen molar-refractivity contribution in [3.63, 3.8) is 0 Å². The molecule has 3 heteroatoms. The van der Waals surface area contributed by atoms with E-state index in [4.69, 9.17) is 9.40 Å². The van der Waals surface area contributed by atoms with E-state index in [-0.39, 0.29) is 0 Å². The summed E-state index contributed by atoms with van der Waals surface area (Å²) in [6.45, 7) is 0. The van der Waals surface area contributed by atoms with Crippen LogP contribution in [0.4, 0.5) is 0 Å². The van der Waals surface area contributed by atoms with Gasteiger partial charge < -0.3 is 4.42 Å². The summed E-state index contributed by atoms with van der Waals surface area (Å²) in [5.41, 5.74) is 5.11. The van der Waals surface area contributed by atoms with Gasteiger partial charge in [0.2, 0.25) is 0 Å². The van der Waals surface area contributed by atoms with Crippen molar-refractivity contribution in [2.45, 2.75) is 0 Å². The van der Waals surface area contributed by atoms with E-state index in [9.17, 15) is 0 Å². The van der Waals surface area contributed by atoms with Crippen molar-refractivity contribution in [1.82, 2.24) is 4.98 Å². The first kappa shape index (κ1) is 14.9.